The third kappa shape index (κ3) is 0.907. The maximum Gasteiger partial charge on any atom is 0.0411 e. The van der Waals surface area contributed by atoms with E-state index in [2.05, 4.69) is 0 Å². The van der Waals surface area contributed by atoms with Crippen LogP contribution in [0.5, 0.6) is 0 Å². The van der Waals surface area contributed by atoms with E-state index in [1.54, 1.807) is 5.01 Å². The van der Waals surface area contributed by atoms with Crippen molar-refractivity contribution in [2.45, 2.75) is 12.5 Å². The van der Waals surface area contributed by atoms with E-state index < -0.39 is 0 Å². The molecule has 7 heavy (non-hydrogen) atoms. The molecule has 42 valence electrons. The molecule has 0 spiro atoms. The van der Waals surface area contributed by atoms with Crippen LogP contribution in [0.4, 0.5) is 0 Å². The highest BCUT2D eigenvalue weighted by atomic mass is 15.5. The summed E-state index contributed by atoms with van der Waals surface area (Å²) in [4.78, 5) is 0. The van der Waals surface area contributed by atoms with E-state index in [4.69, 9.17) is 11.6 Å². The zero-order valence-electron chi connectivity index (χ0n) is 4.52. The zero-order chi connectivity index (χ0) is 5.49. The summed E-state index contributed by atoms with van der Waals surface area (Å²) in [7, 11) is 0. The van der Waals surface area contributed by atoms with Crippen LogP contribution < -0.4 is 11.6 Å². The van der Waals surface area contributed by atoms with Crippen LogP contribution in [0, 0.1) is 0 Å². The van der Waals surface area contributed by atoms with Gasteiger partial charge in [0.25, 0.3) is 0 Å². The maximum atomic E-state index is 5.59. The molecule has 0 aliphatic carbocycles. The molecule has 4 N–H and O–H groups in total. The Kier molecular flexibility index (Phi) is 0.849. The molecular formula is C4H11N3. The van der Waals surface area contributed by atoms with Gasteiger partial charge in [-0.15, -0.1) is 0 Å². The fraction of sp³-hybridized carbons (Fsp3) is 1.00. The average molecular weight is 101 g/mol. The van der Waals surface area contributed by atoms with Crippen LogP contribution in [0.2, 0.25) is 0 Å². The largest absolute Gasteiger partial charge is 0.323 e. The summed E-state index contributed by atoms with van der Waals surface area (Å²) in [5, 5.41) is 1.71. The number of rotatable bonds is 0. The van der Waals surface area contributed by atoms with Gasteiger partial charge in [-0.05, 0) is 6.92 Å². The molecule has 1 aliphatic heterocycles. The van der Waals surface area contributed by atoms with Crippen molar-refractivity contribution in [2.75, 3.05) is 13.1 Å². The number of hydrogen-bond acceptors (Lipinski definition) is 3. The number of hydrazine groups is 1. The predicted molar refractivity (Wildman–Crippen MR) is 28.4 cm³/mol. The molecule has 3 heteroatoms. The first kappa shape index (κ1) is 5.03. The summed E-state index contributed by atoms with van der Waals surface area (Å²) < 4.78 is 0. The van der Waals surface area contributed by atoms with Crippen molar-refractivity contribution in [1.82, 2.24) is 5.01 Å². The van der Waals surface area contributed by atoms with Crippen LogP contribution in [0.1, 0.15) is 6.92 Å². The molecule has 0 aromatic carbocycles. The van der Waals surface area contributed by atoms with Crippen molar-refractivity contribution in [3.8, 4) is 0 Å². The van der Waals surface area contributed by atoms with E-state index in [9.17, 15) is 0 Å². The molecule has 1 saturated heterocycles. The second-order valence-electron chi connectivity index (χ2n) is 2.56. The Morgan fingerprint density at radius 3 is 2.00 bits per heavy atom. The van der Waals surface area contributed by atoms with Crippen molar-refractivity contribution in [3.05, 3.63) is 0 Å². The topological polar surface area (TPSA) is 55.3 Å². The summed E-state index contributed by atoms with van der Waals surface area (Å²) in [5.74, 6) is 5.31. The smallest absolute Gasteiger partial charge is 0.0411 e. The molecule has 0 bridgehead atoms. The highest BCUT2D eigenvalue weighted by Gasteiger charge is 2.32. The lowest BCUT2D eigenvalue weighted by Gasteiger charge is -2.42. The number of hydrogen-bond donors (Lipinski definition) is 2. The Morgan fingerprint density at radius 1 is 1.57 bits per heavy atom. The van der Waals surface area contributed by atoms with Crippen LogP contribution >= 0.6 is 0 Å². The summed E-state index contributed by atoms with van der Waals surface area (Å²) in [6, 6.07) is 0. The van der Waals surface area contributed by atoms with E-state index in [0.29, 0.717) is 0 Å². The van der Waals surface area contributed by atoms with Crippen molar-refractivity contribution < 1.29 is 0 Å². The van der Waals surface area contributed by atoms with Crippen molar-refractivity contribution in [1.29, 1.82) is 0 Å². The van der Waals surface area contributed by atoms with Gasteiger partial charge in [-0.1, -0.05) is 0 Å². The molecular weight excluding hydrogens is 90.1 g/mol. The second-order valence-corrected chi connectivity index (χ2v) is 2.56. The monoisotopic (exact) mass is 101 g/mol. The van der Waals surface area contributed by atoms with Crippen LogP contribution in [0.25, 0.3) is 0 Å². The summed E-state index contributed by atoms with van der Waals surface area (Å²) in [5.41, 5.74) is 5.59. The Balaban J connectivity index is 2.29. The van der Waals surface area contributed by atoms with E-state index >= 15 is 0 Å². The van der Waals surface area contributed by atoms with Gasteiger partial charge in [0.2, 0.25) is 0 Å². The molecule has 1 heterocycles. The van der Waals surface area contributed by atoms with E-state index in [0.717, 1.165) is 13.1 Å². The van der Waals surface area contributed by atoms with Gasteiger partial charge in [0.15, 0.2) is 0 Å². The van der Waals surface area contributed by atoms with Gasteiger partial charge in [0.1, 0.15) is 0 Å². The molecule has 3 nitrogen and oxygen atoms in total. The maximum absolute atomic E-state index is 5.59. The fourth-order valence-electron chi connectivity index (χ4n) is 0.882. The SMILES string of the molecule is CC1(N)CN(N)C1. The highest BCUT2D eigenvalue weighted by molar-refractivity contribution is 4.92. The standard InChI is InChI=1S/C4H11N3/c1-4(5)2-7(6)3-4/h2-3,5-6H2,1H3. The molecule has 1 fully saturated rings. The Morgan fingerprint density at radius 2 is 2.00 bits per heavy atom. The van der Waals surface area contributed by atoms with Gasteiger partial charge in [-0.2, -0.15) is 0 Å². The lowest BCUT2D eigenvalue weighted by atomic mass is 9.96. The molecule has 0 aromatic heterocycles. The molecule has 0 amide bonds. The summed E-state index contributed by atoms with van der Waals surface area (Å²) in [6.07, 6.45) is 0. The van der Waals surface area contributed by atoms with E-state index in [1.165, 1.54) is 0 Å². The van der Waals surface area contributed by atoms with E-state index in [1.807, 2.05) is 6.92 Å². The second kappa shape index (κ2) is 1.18. The lowest BCUT2D eigenvalue weighted by Crippen LogP contribution is -2.67. The number of nitrogens with zero attached hydrogens (tertiary/aromatic N) is 1. The molecule has 0 unspecified atom stereocenters. The van der Waals surface area contributed by atoms with Gasteiger partial charge in [-0.3, -0.25) is 5.84 Å². The first-order valence-corrected chi connectivity index (χ1v) is 2.39. The molecule has 0 saturated carbocycles. The minimum atomic E-state index is -0.00521. The van der Waals surface area contributed by atoms with Gasteiger partial charge >= 0.3 is 0 Å². The molecule has 1 rings (SSSR count). The van der Waals surface area contributed by atoms with Crippen molar-refractivity contribution in [2.24, 2.45) is 11.6 Å². The third-order valence-electron chi connectivity index (χ3n) is 1.13. The van der Waals surface area contributed by atoms with Crippen LogP contribution in [0.15, 0.2) is 0 Å². The molecule has 1 aliphatic rings. The van der Waals surface area contributed by atoms with E-state index in [-0.39, 0.29) is 5.54 Å². The van der Waals surface area contributed by atoms with Gasteiger partial charge < -0.3 is 5.73 Å². The van der Waals surface area contributed by atoms with Crippen LogP contribution in [-0.4, -0.2) is 23.6 Å². The summed E-state index contributed by atoms with van der Waals surface area (Å²) >= 11 is 0. The lowest BCUT2D eigenvalue weighted by molar-refractivity contribution is 0.0850. The van der Waals surface area contributed by atoms with Gasteiger partial charge in [0.05, 0.1) is 0 Å². The molecule has 0 atom stereocenters. The Labute approximate surface area is 43.2 Å². The van der Waals surface area contributed by atoms with Crippen LogP contribution in [-0.2, 0) is 0 Å². The Hall–Kier alpha value is -0.120. The average Bonchev–Trinajstić information content (AvgIpc) is 1.27. The quantitative estimate of drug-likeness (QED) is 0.380. The van der Waals surface area contributed by atoms with Crippen LogP contribution in [0.3, 0.4) is 0 Å². The number of nitrogens with two attached hydrogens (primary N) is 2. The summed E-state index contributed by atoms with van der Waals surface area (Å²) in [6.45, 7) is 3.65. The highest BCUT2D eigenvalue weighted by Crippen LogP contribution is 2.11. The minimum Gasteiger partial charge on any atom is -0.323 e. The fourth-order valence-corrected chi connectivity index (χ4v) is 0.882. The van der Waals surface area contributed by atoms with Crippen molar-refractivity contribution in [3.63, 3.8) is 0 Å². The normalized spacial score (nSPS) is 29.6. The Bertz CT molecular complexity index is 71.0. The predicted octanol–water partition coefficient (Wildman–Crippen LogP) is -1.11. The van der Waals surface area contributed by atoms with Crippen molar-refractivity contribution >= 4 is 0 Å². The minimum absolute atomic E-state index is 0.00521. The zero-order valence-corrected chi connectivity index (χ0v) is 4.52. The van der Waals surface area contributed by atoms with Gasteiger partial charge in [-0.25, -0.2) is 5.01 Å². The first-order valence-electron chi connectivity index (χ1n) is 2.39. The van der Waals surface area contributed by atoms with Gasteiger partial charge in [0, 0.05) is 18.6 Å². The molecule has 0 aromatic rings. The third-order valence-corrected chi connectivity index (χ3v) is 1.13. The molecule has 0 radical (unpaired) electrons. The first-order chi connectivity index (χ1) is 3.10.